The summed E-state index contributed by atoms with van der Waals surface area (Å²) in [4.78, 5) is 2.23. The first-order valence-corrected chi connectivity index (χ1v) is 6.89. The van der Waals surface area contributed by atoms with E-state index in [9.17, 15) is 0 Å². The molecule has 0 atom stereocenters. The minimum Gasteiger partial charge on any atom is -0.398 e. The summed E-state index contributed by atoms with van der Waals surface area (Å²) in [6.07, 6.45) is 0. The highest BCUT2D eigenvalue weighted by atomic mass is 15.1. The van der Waals surface area contributed by atoms with Gasteiger partial charge in [-0.25, -0.2) is 0 Å². The number of rotatable bonds is 5. The van der Waals surface area contributed by atoms with Crippen LogP contribution in [0.2, 0.25) is 0 Å². The first-order valence-electron chi connectivity index (χ1n) is 6.89. The van der Waals surface area contributed by atoms with Crippen LogP contribution in [0, 0.1) is 26.2 Å². The lowest BCUT2D eigenvalue weighted by Gasteiger charge is -2.30. The van der Waals surface area contributed by atoms with Crippen LogP contribution in [0.5, 0.6) is 0 Å². The van der Waals surface area contributed by atoms with E-state index in [0.717, 1.165) is 29.9 Å². The summed E-state index contributed by atoms with van der Waals surface area (Å²) >= 11 is 0. The van der Waals surface area contributed by atoms with E-state index in [1.165, 1.54) is 11.3 Å². The monoisotopic (exact) mass is 263 g/mol. The quantitative estimate of drug-likeness (QED) is 0.802. The van der Waals surface area contributed by atoms with E-state index < -0.39 is 0 Å². The number of benzene rings is 1. The zero-order valence-electron chi connectivity index (χ0n) is 13.5. The number of nitrogen functional groups attached to an aromatic ring is 1. The molecule has 0 saturated carbocycles. The number of hydrogen-bond donors (Lipinski definition) is 2. The first kappa shape index (κ1) is 15.8. The summed E-state index contributed by atoms with van der Waals surface area (Å²) in [6, 6.07) is 2.16. The van der Waals surface area contributed by atoms with Crippen LogP contribution in [-0.2, 0) is 0 Å². The van der Waals surface area contributed by atoms with Crippen LogP contribution in [-0.4, -0.2) is 32.1 Å². The fraction of sp³-hybridized carbons (Fsp3) is 0.625. The van der Waals surface area contributed by atoms with Crippen molar-refractivity contribution in [1.29, 1.82) is 0 Å². The molecule has 3 nitrogen and oxygen atoms in total. The van der Waals surface area contributed by atoms with Crippen LogP contribution in [0.3, 0.4) is 0 Å². The molecule has 3 N–H and O–H groups in total. The number of anilines is 2. The van der Waals surface area contributed by atoms with Gasteiger partial charge in [0.2, 0.25) is 0 Å². The van der Waals surface area contributed by atoms with Crippen molar-refractivity contribution in [2.45, 2.75) is 34.6 Å². The summed E-state index contributed by atoms with van der Waals surface area (Å²) in [5, 5.41) is 3.59. The fourth-order valence-corrected chi connectivity index (χ4v) is 2.71. The van der Waals surface area contributed by atoms with Gasteiger partial charge in [0.1, 0.15) is 0 Å². The summed E-state index contributed by atoms with van der Waals surface area (Å²) in [7, 11) is 4.23. The lowest BCUT2D eigenvalue weighted by atomic mass is 9.92. The van der Waals surface area contributed by atoms with Gasteiger partial charge in [-0.2, -0.15) is 0 Å². The smallest absolute Gasteiger partial charge is 0.0420 e. The van der Waals surface area contributed by atoms with E-state index in [2.05, 4.69) is 65.0 Å². The number of nitrogens with zero attached hydrogens (tertiary/aromatic N) is 1. The number of nitrogens with one attached hydrogen (secondary N) is 1. The van der Waals surface area contributed by atoms with Gasteiger partial charge in [0.25, 0.3) is 0 Å². The van der Waals surface area contributed by atoms with Crippen LogP contribution in [0.15, 0.2) is 6.07 Å². The van der Waals surface area contributed by atoms with Crippen molar-refractivity contribution >= 4 is 11.4 Å². The molecule has 0 aromatic heterocycles. The molecule has 0 heterocycles. The Morgan fingerprint density at radius 1 is 1.16 bits per heavy atom. The normalized spacial score (nSPS) is 12.0. The molecule has 0 unspecified atom stereocenters. The van der Waals surface area contributed by atoms with Crippen molar-refractivity contribution < 1.29 is 0 Å². The molecular weight excluding hydrogens is 234 g/mol. The van der Waals surface area contributed by atoms with Gasteiger partial charge in [-0.1, -0.05) is 19.9 Å². The van der Waals surface area contributed by atoms with Crippen LogP contribution in [0.25, 0.3) is 0 Å². The third-order valence-electron chi connectivity index (χ3n) is 3.52. The van der Waals surface area contributed by atoms with Gasteiger partial charge in [0.15, 0.2) is 0 Å². The molecule has 0 aliphatic heterocycles. The van der Waals surface area contributed by atoms with E-state index in [1.807, 2.05) is 0 Å². The number of aryl methyl sites for hydroxylation is 2. The van der Waals surface area contributed by atoms with Gasteiger partial charge in [0.05, 0.1) is 0 Å². The molecule has 1 rings (SSSR count). The van der Waals surface area contributed by atoms with Gasteiger partial charge in [-0.05, 0) is 57.0 Å². The molecule has 1 aromatic carbocycles. The fourth-order valence-electron chi connectivity index (χ4n) is 2.71. The average Bonchev–Trinajstić information content (AvgIpc) is 2.24. The lowest BCUT2D eigenvalue weighted by molar-refractivity contribution is 0.254. The lowest BCUT2D eigenvalue weighted by Crippen LogP contribution is -2.34. The Labute approximate surface area is 118 Å². The second kappa shape index (κ2) is 5.83. The predicted octanol–water partition coefficient (Wildman–Crippen LogP) is 3.19. The van der Waals surface area contributed by atoms with Gasteiger partial charge in [-0.3, -0.25) is 0 Å². The molecule has 0 amide bonds. The van der Waals surface area contributed by atoms with Crippen molar-refractivity contribution in [3.63, 3.8) is 0 Å². The molecule has 0 spiro atoms. The van der Waals surface area contributed by atoms with E-state index in [4.69, 9.17) is 5.73 Å². The van der Waals surface area contributed by atoms with E-state index in [1.54, 1.807) is 0 Å². The molecular formula is C16H29N3. The van der Waals surface area contributed by atoms with Crippen LogP contribution < -0.4 is 11.1 Å². The Bertz CT molecular complexity index is 448. The maximum atomic E-state index is 6.12. The molecule has 3 heteroatoms. The highest BCUT2D eigenvalue weighted by Crippen LogP contribution is 2.29. The molecule has 0 radical (unpaired) electrons. The minimum atomic E-state index is 0.224. The number of hydrogen-bond acceptors (Lipinski definition) is 3. The largest absolute Gasteiger partial charge is 0.398 e. The minimum absolute atomic E-state index is 0.224. The average molecular weight is 263 g/mol. The summed E-state index contributed by atoms with van der Waals surface area (Å²) in [5.41, 5.74) is 12.0. The zero-order chi connectivity index (χ0) is 14.8. The predicted molar refractivity (Wildman–Crippen MR) is 85.9 cm³/mol. The van der Waals surface area contributed by atoms with Gasteiger partial charge in [0, 0.05) is 24.5 Å². The van der Waals surface area contributed by atoms with Gasteiger partial charge >= 0.3 is 0 Å². The van der Waals surface area contributed by atoms with Crippen LogP contribution >= 0.6 is 0 Å². The molecule has 1 aromatic rings. The summed E-state index contributed by atoms with van der Waals surface area (Å²) in [5.74, 6) is 0. The maximum Gasteiger partial charge on any atom is 0.0420 e. The van der Waals surface area contributed by atoms with E-state index >= 15 is 0 Å². The first-order chi connectivity index (χ1) is 8.64. The zero-order valence-corrected chi connectivity index (χ0v) is 13.5. The molecule has 108 valence electrons. The van der Waals surface area contributed by atoms with Crippen molar-refractivity contribution in [2.75, 3.05) is 38.2 Å². The highest BCUT2D eigenvalue weighted by molar-refractivity contribution is 5.70. The summed E-state index contributed by atoms with van der Waals surface area (Å²) < 4.78 is 0. The maximum absolute atomic E-state index is 6.12. The molecule has 19 heavy (non-hydrogen) atoms. The van der Waals surface area contributed by atoms with Gasteiger partial charge < -0.3 is 16.0 Å². The van der Waals surface area contributed by atoms with Crippen molar-refractivity contribution in [3.8, 4) is 0 Å². The van der Waals surface area contributed by atoms with Crippen LogP contribution in [0.4, 0.5) is 11.4 Å². The molecule has 0 fully saturated rings. The van der Waals surface area contributed by atoms with Crippen LogP contribution in [0.1, 0.15) is 30.5 Å². The Kier molecular flexibility index (Phi) is 4.86. The second-order valence-electron chi connectivity index (χ2n) is 6.68. The Balaban J connectivity index is 2.87. The Morgan fingerprint density at radius 3 is 2.26 bits per heavy atom. The third-order valence-corrected chi connectivity index (χ3v) is 3.52. The van der Waals surface area contributed by atoms with E-state index in [0.29, 0.717) is 0 Å². The SMILES string of the molecule is Cc1cc(C)c(NCC(C)(C)CN(C)C)c(C)c1N. The summed E-state index contributed by atoms with van der Waals surface area (Å²) in [6.45, 7) is 12.9. The second-order valence-corrected chi connectivity index (χ2v) is 6.68. The Hall–Kier alpha value is -1.22. The van der Waals surface area contributed by atoms with E-state index in [-0.39, 0.29) is 5.41 Å². The standard InChI is InChI=1S/C16H29N3/c1-11-8-12(2)15(13(3)14(11)17)18-9-16(4,5)10-19(6)7/h8,18H,9-10,17H2,1-7H3. The molecule has 0 bridgehead atoms. The van der Waals surface area contributed by atoms with Crippen molar-refractivity contribution in [1.82, 2.24) is 4.90 Å². The molecule has 0 saturated heterocycles. The topological polar surface area (TPSA) is 41.3 Å². The third kappa shape index (κ3) is 4.13. The molecule has 0 aliphatic rings. The molecule has 0 aliphatic carbocycles. The van der Waals surface area contributed by atoms with Crippen molar-refractivity contribution in [2.24, 2.45) is 5.41 Å². The number of nitrogens with two attached hydrogens (primary N) is 1. The van der Waals surface area contributed by atoms with Crippen molar-refractivity contribution in [3.05, 3.63) is 22.8 Å². The van der Waals surface area contributed by atoms with Gasteiger partial charge in [-0.15, -0.1) is 0 Å². The highest BCUT2D eigenvalue weighted by Gasteiger charge is 2.19. The Morgan fingerprint density at radius 2 is 1.74 bits per heavy atom.